The van der Waals surface area contributed by atoms with Gasteiger partial charge in [0, 0.05) is 11.4 Å². The third-order valence-electron chi connectivity index (χ3n) is 2.30. The van der Waals surface area contributed by atoms with E-state index in [4.69, 9.17) is 11.6 Å². The predicted octanol–water partition coefficient (Wildman–Crippen LogP) is 4.05. The Morgan fingerprint density at radius 1 is 1.44 bits per heavy atom. The minimum absolute atomic E-state index is 0.154. The average molecular weight is 251 g/mol. The first-order valence-electron chi connectivity index (χ1n) is 4.66. The van der Waals surface area contributed by atoms with Gasteiger partial charge in [-0.2, -0.15) is 13.2 Å². The fourth-order valence-electron chi connectivity index (χ4n) is 1.37. The largest absolute Gasteiger partial charge is 0.416 e. The SMILES string of the molecule is CC(CC=O)c1cc(C(F)(F)F)ccc1Cl. The van der Waals surface area contributed by atoms with Crippen LogP contribution >= 0.6 is 11.6 Å². The van der Waals surface area contributed by atoms with E-state index < -0.39 is 11.7 Å². The topological polar surface area (TPSA) is 17.1 Å². The molecule has 0 spiro atoms. The molecule has 0 aliphatic rings. The minimum Gasteiger partial charge on any atom is -0.303 e. The van der Waals surface area contributed by atoms with E-state index in [9.17, 15) is 18.0 Å². The number of hydrogen-bond donors (Lipinski definition) is 0. The first-order valence-corrected chi connectivity index (χ1v) is 5.04. The van der Waals surface area contributed by atoms with Crippen LogP contribution in [0, 0.1) is 0 Å². The average Bonchev–Trinajstić information content (AvgIpc) is 2.16. The van der Waals surface area contributed by atoms with Gasteiger partial charge in [-0.25, -0.2) is 0 Å². The van der Waals surface area contributed by atoms with Gasteiger partial charge in [0.15, 0.2) is 0 Å². The highest BCUT2D eigenvalue weighted by Gasteiger charge is 2.31. The van der Waals surface area contributed by atoms with Crippen LogP contribution in [-0.4, -0.2) is 6.29 Å². The van der Waals surface area contributed by atoms with Crippen molar-refractivity contribution in [1.82, 2.24) is 0 Å². The second-order valence-electron chi connectivity index (χ2n) is 3.54. The molecule has 1 atom stereocenters. The number of alkyl halides is 3. The van der Waals surface area contributed by atoms with Crippen molar-refractivity contribution in [3.63, 3.8) is 0 Å². The highest BCUT2D eigenvalue weighted by molar-refractivity contribution is 6.31. The summed E-state index contributed by atoms with van der Waals surface area (Å²) in [7, 11) is 0. The van der Waals surface area contributed by atoms with Crippen molar-refractivity contribution >= 4 is 17.9 Å². The molecule has 1 rings (SSSR count). The zero-order valence-electron chi connectivity index (χ0n) is 8.51. The van der Waals surface area contributed by atoms with Gasteiger partial charge >= 0.3 is 6.18 Å². The molecule has 0 aromatic heterocycles. The maximum absolute atomic E-state index is 12.4. The number of benzene rings is 1. The van der Waals surface area contributed by atoms with Crippen LogP contribution in [0.3, 0.4) is 0 Å². The highest BCUT2D eigenvalue weighted by atomic mass is 35.5. The molecule has 0 aliphatic carbocycles. The molecular weight excluding hydrogens is 241 g/mol. The van der Waals surface area contributed by atoms with Gasteiger partial charge in [-0.15, -0.1) is 0 Å². The molecule has 0 heterocycles. The quantitative estimate of drug-likeness (QED) is 0.740. The number of hydrogen-bond acceptors (Lipinski definition) is 1. The predicted molar refractivity (Wildman–Crippen MR) is 55.6 cm³/mol. The lowest BCUT2D eigenvalue weighted by atomic mass is 9.96. The molecule has 0 saturated carbocycles. The van der Waals surface area contributed by atoms with Crippen LogP contribution in [0.4, 0.5) is 13.2 Å². The molecule has 0 amide bonds. The Hall–Kier alpha value is -1.03. The first-order chi connectivity index (χ1) is 7.36. The summed E-state index contributed by atoms with van der Waals surface area (Å²) in [5, 5.41) is 0.252. The summed E-state index contributed by atoms with van der Waals surface area (Å²) >= 11 is 5.79. The van der Waals surface area contributed by atoms with Crippen molar-refractivity contribution in [3.05, 3.63) is 34.3 Å². The smallest absolute Gasteiger partial charge is 0.303 e. The Morgan fingerprint density at radius 3 is 2.56 bits per heavy atom. The zero-order valence-corrected chi connectivity index (χ0v) is 9.27. The van der Waals surface area contributed by atoms with Crippen LogP contribution in [0.25, 0.3) is 0 Å². The summed E-state index contributed by atoms with van der Waals surface area (Å²) in [5.41, 5.74) is -0.395. The molecule has 0 fully saturated rings. The standard InChI is InChI=1S/C11H10ClF3O/c1-7(4-5-16)9-6-8(11(13,14)15)2-3-10(9)12/h2-3,5-7H,4H2,1H3. The van der Waals surface area contributed by atoms with E-state index in [0.29, 0.717) is 11.8 Å². The van der Waals surface area contributed by atoms with E-state index >= 15 is 0 Å². The van der Waals surface area contributed by atoms with Gasteiger partial charge in [0.05, 0.1) is 5.56 Å². The summed E-state index contributed by atoms with van der Waals surface area (Å²) in [5.74, 6) is -0.313. The Bertz CT molecular complexity index is 387. The minimum atomic E-state index is -4.39. The monoisotopic (exact) mass is 250 g/mol. The van der Waals surface area contributed by atoms with Crippen molar-refractivity contribution in [1.29, 1.82) is 0 Å². The maximum Gasteiger partial charge on any atom is 0.416 e. The molecule has 5 heteroatoms. The van der Waals surface area contributed by atoms with Crippen molar-refractivity contribution in [3.8, 4) is 0 Å². The van der Waals surface area contributed by atoms with Crippen LogP contribution in [0.5, 0.6) is 0 Å². The molecule has 0 bridgehead atoms. The Morgan fingerprint density at radius 2 is 2.06 bits per heavy atom. The Balaban J connectivity index is 3.13. The van der Waals surface area contributed by atoms with Gasteiger partial charge < -0.3 is 4.79 Å². The van der Waals surface area contributed by atoms with Gasteiger partial charge in [0.2, 0.25) is 0 Å². The normalized spacial score (nSPS) is 13.6. The van der Waals surface area contributed by atoms with Crippen molar-refractivity contribution in [2.45, 2.75) is 25.4 Å². The number of carbonyl (C=O) groups is 1. The fraction of sp³-hybridized carbons (Fsp3) is 0.364. The molecule has 16 heavy (non-hydrogen) atoms. The molecule has 1 aromatic rings. The van der Waals surface area contributed by atoms with E-state index in [-0.39, 0.29) is 17.4 Å². The van der Waals surface area contributed by atoms with Crippen LogP contribution in [0.1, 0.15) is 30.4 Å². The fourth-order valence-corrected chi connectivity index (χ4v) is 1.67. The van der Waals surface area contributed by atoms with E-state index in [0.717, 1.165) is 12.1 Å². The van der Waals surface area contributed by atoms with Crippen LogP contribution in [-0.2, 0) is 11.0 Å². The summed E-state index contributed by atoms with van der Waals surface area (Å²) in [6, 6.07) is 3.14. The first kappa shape index (κ1) is 13.0. The summed E-state index contributed by atoms with van der Waals surface area (Å²) < 4.78 is 37.3. The number of aldehydes is 1. The zero-order chi connectivity index (χ0) is 12.3. The molecule has 0 N–H and O–H groups in total. The summed E-state index contributed by atoms with van der Waals surface area (Å²) in [6.45, 7) is 1.66. The highest BCUT2D eigenvalue weighted by Crippen LogP contribution is 2.34. The van der Waals surface area contributed by atoms with E-state index in [1.807, 2.05) is 0 Å². The lowest BCUT2D eigenvalue weighted by molar-refractivity contribution is -0.137. The summed E-state index contributed by atoms with van der Waals surface area (Å²) in [4.78, 5) is 10.3. The van der Waals surface area contributed by atoms with Crippen LogP contribution < -0.4 is 0 Å². The molecule has 1 unspecified atom stereocenters. The maximum atomic E-state index is 12.4. The van der Waals surface area contributed by atoms with Crippen molar-refractivity contribution in [2.24, 2.45) is 0 Å². The van der Waals surface area contributed by atoms with E-state index in [2.05, 4.69) is 0 Å². The molecular formula is C11H10ClF3O. The molecule has 0 saturated heterocycles. The van der Waals surface area contributed by atoms with Gasteiger partial charge in [-0.3, -0.25) is 0 Å². The third-order valence-corrected chi connectivity index (χ3v) is 2.65. The number of rotatable bonds is 3. The lowest BCUT2D eigenvalue weighted by Gasteiger charge is -2.14. The molecule has 88 valence electrons. The summed E-state index contributed by atoms with van der Waals surface area (Å²) in [6.07, 6.45) is -3.57. The molecule has 1 aromatic carbocycles. The number of carbonyl (C=O) groups excluding carboxylic acids is 1. The van der Waals surface area contributed by atoms with Crippen molar-refractivity contribution < 1.29 is 18.0 Å². The van der Waals surface area contributed by atoms with E-state index in [1.165, 1.54) is 6.07 Å². The van der Waals surface area contributed by atoms with Crippen LogP contribution in [0.15, 0.2) is 18.2 Å². The Kier molecular flexibility index (Phi) is 3.97. The van der Waals surface area contributed by atoms with E-state index in [1.54, 1.807) is 6.92 Å². The third kappa shape index (κ3) is 2.98. The molecule has 1 nitrogen and oxygen atoms in total. The van der Waals surface area contributed by atoms with Gasteiger partial charge in [0.25, 0.3) is 0 Å². The molecule has 0 aliphatic heterocycles. The lowest BCUT2D eigenvalue weighted by Crippen LogP contribution is -2.06. The van der Waals surface area contributed by atoms with Gasteiger partial charge in [-0.1, -0.05) is 18.5 Å². The second-order valence-corrected chi connectivity index (χ2v) is 3.94. The van der Waals surface area contributed by atoms with Gasteiger partial charge in [0.1, 0.15) is 6.29 Å². The number of halogens is 4. The Labute approximate surface area is 96.2 Å². The van der Waals surface area contributed by atoms with Crippen LogP contribution in [0.2, 0.25) is 5.02 Å². The second kappa shape index (κ2) is 4.87. The molecule has 0 radical (unpaired) electrons. The van der Waals surface area contributed by atoms with Crippen molar-refractivity contribution in [2.75, 3.05) is 0 Å². The van der Waals surface area contributed by atoms with Gasteiger partial charge in [-0.05, 0) is 29.7 Å².